The van der Waals surface area contributed by atoms with Crippen LogP contribution in [0.15, 0.2) is 118 Å². The van der Waals surface area contributed by atoms with Gasteiger partial charge in [-0.05, 0) is 112 Å². The van der Waals surface area contributed by atoms with Gasteiger partial charge >= 0.3 is 11.9 Å². The molecular formula is C46H56N16O7. The van der Waals surface area contributed by atoms with Gasteiger partial charge in [-0.1, -0.05) is 36.8 Å². The zero-order valence-corrected chi connectivity index (χ0v) is 37.7. The molecule has 3 amide bonds. The van der Waals surface area contributed by atoms with E-state index >= 15 is 0 Å². The lowest BCUT2D eigenvalue weighted by molar-refractivity contribution is -0.136. The summed E-state index contributed by atoms with van der Waals surface area (Å²) in [6.07, 6.45) is 3.20. The van der Waals surface area contributed by atoms with Crippen molar-refractivity contribution < 1.29 is 33.4 Å². The van der Waals surface area contributed by atoms with E-state index in [4.69, 9.17) is 43.9 Å². The summed E-state index contributed by atoms with van der Waals surface area (Å²) in [5.74, 6) is -2.38. The van der Waals surface area contributed by atoms with Gasteiger partial charge in [0.05, 0.1) is 6.54 Å². The highest BCUT2D eigenvalue weighted by Crippen LogP contribution is 2.35. The maximum absolute atomic E-state index is 14.0. The molecule has 16 N–H and O–H groups in total. The molecule has 0 radical (unpaired) electrons. The number of benzene rings is 3. The van der Waals surface area contributed by atoms with Crippen molar-refractivity contribution in [1.29, 1.82) is 0 Å². The van der Waals surface area contributed by atoms with E-state index in [9.17, 15) is 24.0 Å². The van der Waals surface area contributed by atoms with Crippen molar-refractivity contribution in [1.82, 2.24) is 15.3 Å². The Labute approximate surface area is 397 Å². The lowest BCUT2D eigenvalue weighted by Crippen LogP contribution is -2.34. The van der Waals surface area contributed by atoms with Crippen LogP contribution in [0.1, 0.15) is 55.3 Å². The van der Waals surface area contributed by atoms with Gasteiger partial charge in [0.15, 0.2) is 23.1 Å². The number of aromatic nitrogens is 2. The van der Waals surface area contributed by atoms with Crippen molar-refractivity contribution in [3.8, 4) is 11.5 Å². The molecule has 0 aliphatic rings. The zero-order valence-electron chi connectivity index (χ0n) is 37.7. The number of ether oxygens (including phenoxy) is 2. The number of carbonyl (C=O) groups is 5. The number of nitrogens with two attached hydrogens (primary N) is 6. The average molecular weight is 945 g/mol. The van der Waals surface area contributed by atoms with Gasteiger partial charge in [0.2, 0.25) is 11.8 Å². The van der Waals surface area contributed by atoms with Gasteiger partial charge in [-0.2, -0.15) is 0 Å². The molecule has 0 unspecified atom stereocenters. The van der Waals surface area contributed by atoms with Crippen LogP contribution in [-0.4, -0.2) is 77.9 Å². The molecule has 0 saturated heterocycles. The fourth-order valence-electron chi connectivity index (χ4n) is 6.17. The lowest BCUT2D eigenvalue weighted by atomic mass is 10.1. The number of pyridine rings is 2. The van der Waals surface area contributed by atoms with Crippen LogP contribution in [0.3, 0.4) is 0 Å². The molecule has 23 heteroatoms. The number of nitrogens with zero attached hydrogens (tertiary/aromatic N) is 6. The first-order chi connectivity index (χ1) is 33.4. The maximum Gasteiger partial charge on any atom is 0.334 e. The third-order valence-corrected chi connectivity index (χ3v) is 9.78. The smallest absolute Gasteiger partial charge is 0.334 e. The molecule has 0 saturated carbocycles. The van der Waals surface area contributed by atoms with E-state index in [1.807, 2.05) is 0 Å². The van der Waals surface area contributed by atoms with Crippen LogP contribution in [0.4, 0.5) is 51.7 Å². The number of amides is 3. The van der Waals surface area contributed by atoms with Crippen LogP contribution in [-0.2, 0) is 19.2 Å². The first kappa shape index (κ1) is 51.7. The highest BCUT2D eigenvalue weighted by molar-refractivity contribution is 5.99. The van der Waals surface area contributed by atoms with Crippen molar-refractivity contribution in [2.45, 2.75) is 57.0 Å². The van der Waals surface area contributed by atoms with E-state index in [2.05, 4.69) is 51.7 Å². The van der Waals surface area contributed by atoms with Gasteiger partial charge in [0.25, 0.3) is 5.91 Å². The monoisotopic (exact) mass is 944 g/mol. The van der Waals surface area contributed by atoms with Crippen molar-refractivity contribution >= 4 is 81.4 Å². The lowest BCUT2D eigenvalue weighted by Gasteiger charge is -2.20. The highest BCUT2D eigenvalue weighted by Gasteiger charge is 2.24. The third kappa shape index (κ3) is 16.5. The number of unbranched alkanes of at least 4 members (excludes halogenated alkanes) is 2. The van der Waals surface area contributed by atoms with Crippen molar-refractivity contribution in [3.05, 3.63) is 103 Å². The standard InChI is InChI=1S/C46H56N16O7/c47-23-8-6-12-30(50)45(66)68-37-19-16-29(26-35(37)62-61-33-18-21-39(58-43(33)52)56-41(64)27-53-44(65)28-10-2-1-3-11-28)54-34(14-7-9-24-48)46(67)69-36-15-5-4-13-31(36)59-60-32-17-20-38(57-42(32)51)55-40(63)22-25-49/h1-5,10-11,13,15-21,26,30,34,54H,6-9,12,14,22-25,27,47-50H2,(H,53,65)(H3,51,55,57,63)(H3,52,56,58,64)/t30-,34-/m0/s1. The van der Waals surface area contributed by atoms with Crippen LogP contribution < -0.4 is 65.1 Å². The molecule has 69 heavy (non-hydrogen) atoms. The second-order valence-corrected chi connectivity index (χ2v) is 15.2. The third-order valence-electron chi connectivity index (χ3n) is 9.78. The molecular weight excluding hydrogens is 889 g/mol. The number of hydrogen-bond acceptors (Lipinski definition) is 20. The molecule has 0 aliphatic carbocycles. The Balaban J connectivity index is 1.35. The van der Waals surface area contributed by atoms with E-state index in [1.165, 1.54) is 36.4 Å². The molecule has 5 aromatic rings. The second kappa shape index (κ2) is 26.8. The van der Waals surface area contributed by atoms with E-state index in [0.717, 1.165) is 0 Å². The molecule has 23 nitrogen and oxygen atoms in total. The van der Waals surface area contributed by atoms with Gasteiger partial charge in [-0.3, -0.25) is 14.4 Å². The maximum atomic E-state index is 14.0. The number of para-hydroxylation sites is 1. The molecule has 0 aliphatic heterocycles. The Hall–Kier alpha value is -8.25. The number of carbonyl (C=O) groups excluding carboxylic acids is 5. The minimum atomic E-state index is -0.951. The summed E-state index contributed by atoms with van der Waals surface area (Å²) in [5.41, 5.74) is 36.6. The quantitative estimate of drug-likeness (QED) is 0.0159. The Bertz CT molecular complexity index is 2610. The number of nitrogen functional groups attached to an aromatic ring is 2. The number of hydrogen-bond donors (Lipinski definition) is 10. The summed E-state index contributed by atoms with van der Waals surface area (Å²) in [5, 5.41) is 28.0. The topological polar surface area (TPSA) is 383 Å². The van der Waals surface area contributed by atoms with Gasteiger partial charge in [-0.25, -0.2) is 19.6 Å². The summed E-state index contributed by atoms with van der Waals surface area (Å²) < 4.78 is 11.6. The fraction of sp³-hybridized carbons (Fsp3) is 0.283. The average Bonchev–Trinajstić information content (AvgIpc) is 3.33. The van der Waals surface area contributed by atoms with Gasteiger partial charge < -0.3 is 65.1 Å². The van der Waals surface area contributed by atoms with Gasteiger partial charge in [-0.15, -0.1) is 20.5 Å². The Morgan fingerprint density at radius 3 is 1.78 bits per heavy atom. The van der Waals surface area contributed by atoms with E-state index < -0.39 is 35.8 Å². The molecule has 2 aromatic heterocycles. The second-order valence-electron chi connectivity index (χ2n) is 15.2. The van der Waals surface area contributed by atoms with Crippen molar-refractivity contribution in [2.75, 3.05) is 53.6 Å². The first-order valence-corrected chi connectivity index (χ1v) is 22.0. The number of nitrogens with one attached hydrogen (secondary N) is 4. The Morgan fingerprint density at radius 2 is 1.14 bits per heavy atom. The molecule has 3 aromatic carbocycles. The van der Waals surface area contributed by atoms with Crippen LogP contribution in [0, 0.1) is 0 Å². The summed E-state index contributed by atoms with van der Waals surface area (Å²) in [4.78, 5) is 72.3. The Morgan fingerprint density at radius 1 is 0.580 bits per heavy atom. The van der Waals surface area contributed by atoms with E-state index in [0.29, 0.717) is 62.9 Å². The Kier molecular flexibility index (Phi) is 20.1. The van der Waals surface area contributed by atoms with Gasteiger partial charge in [0.1, 0.15) is 46.5 Å². The highest BCUT2D eigenvalue weighted by atomic mass is 16.5. The summed E-state index contributed by atoms with van der Waals surface area (Å²) in [6.45, 7) is 0.685. The predicted molar refractivity (Wildman–Crippen MR) is 261 cm³/mol. The predicted octanol–water partition coefficient (Wildman–Crippen LogP) is 5.00. The van der Waals surface area contributed by atoms with Crippen molar-refractivity contribution in [2.24, 2.45) is 43.4 Å². The van der Waals surface area contributed by atoms with E-state index in [1.54, 1.807) is 60.7 Å². The van der Waals surface area contributed by atoms with Crippen LogP contribution in [0.25, 0.3) is 0 Å². The minimum absolute atomic E-state index is 0.0000837. The largest absolute Gasteiger partial charge is 0.423 e. The molecule has 2 heterocycles. The number of anilines is 5. The number of rotatable bonds is 25. The summed E-state index contributed by atoms with van der Waals surface area (Å²) >= 11 is 0. The fourth-order valence-corrected chi connectivity index (χ4v) is 6.17. The molecule has 0 bridgehead atoms. The van der Waals surface area contributed by atoms with E-state index in [-0.39, 0.29) is 82.9 Å². The molecule has 2 atom stereocenters. The first-order valence-electron chi connectivity index (χ1n) is 22.0. The van der Waals surface area contributed by atoms with Crippen LogP contribution in [0.5, 0.6) is 11.5 Å². The van der Waals surface area contributed by atoms with Gasteiger partial charge in [0, 0.05) is 24.2 Å². The summed E-state index contributed by atoms with van der Waals surface area (Å²) in [6, 6.07) is 23.5. The normalized spacial score (nSPS) is 12.0. The molecule has 5 rings (SSSR count). The molecule has 0 spiro atoms. The SMILES string of the molecule is NCCCC[C@H](Nc1ccc(OC(=O)[C@@H](N)CCCCN)c(N=Nc2ccc(NC(=O)CNC(=O)c3ccccc3)nc2N)c1)C(=O)Oc1ccccc1N=Nc1ccc(NC(=O)CCN)nc1N. The van der Waals surface area contributed by atoms with Crippen molar-refractivity contribution in [3.63, 3.8) is 0 Å². The van der Waals surface area contributed by atoms with Crippen LogP contribution in [0.2, 0.25) is 0 Å². The molecule has 0 fully saturated rings. The minimum Gasteiger partial charge on any atom is -0.423 e. The summed E-state index contributed by atoms with van der Waals surface area (Å²) in [7, 11) is 0. The number of azo groups is 2. The molecule has 362 valence electrons. The zero-order chi connectivity index (χ0) is 49.5. The van der Waals surface area contributed by atoms with Crippen LogP contribution >= 0.6 is 0 Å². The number of esters is 2.